The van der Waals surface area contributed by atoms with Gasteiger partial charge in [-0.2, -0.15) is 0 Å². The first kappa shape index (κ1) is 31.1. The van der Waals surface area contributed by atoms with Gasteiger partial charge in [-0.1, -0.05) is 146 Å². The fourth-order valence-electron chi connectivity index (χ4n) is 7.85. The largest absolute Gasteiger partial charge is 0.435 e. The lowest BCUT2D eigenvalue weighted by Crippen LogP contribution is -2.01. The Labute approximate surface area is 316 Å². The van der Waals surface area contributed by atoms with Crippen molar-refractivity contribution in [2.45, 2.75) is 0 Å². The average molecular weight is 703 g/mol. The van der Waals surface area contributed by atoms with Crippen molar-refractivity contribution in [3.05, 3.63) is 182 Å². The normalized spacial score (nSPS) is 11.6. The van der Waals surface area contributed by atoms with Crippen LogP contribution >= 0.6 is 0 Å². The van der Waals surface area contributed by atoms with Crippen molar-refractivity contribution in [2.24, 2.45) is 0 Å². The Kier molecular flexibility index (Phi) is 7.10. The predicted molar refractivity (Wildman–Crippen MR) is 225 cm³/mol. The van der Waals surface area contributed by atoms with Crippen molar-refractivity contribution < 1.29 is 4.42 Å². The van der Waals surface area contributed by atoms with Gasteiger partial charge in [0.25, 0.3) is 0 Å². The van der Waals surface area contributed by atoms with Crippen LogP contribution in [0, 0.1) is 0 Å². The fraction of sp³-hybridized carbons (Fsp3) is 0. The Bertz CT molecular complexity index is 3280. The Balaban J connectivity index is 1.12. The summed E-state index contributed by atoms with van der Waals surface area (Å²) in [5.74, 6) is 2.45. The van der Waals surface area contributed by atoms with Crippen molar-refractivity contribution in [3.8, 4) is 56.7 Å². The van der Waals surface area contributed by atoms with Crippen molar-refractivity contribution in [1.29, 1.82) is 0 Å². The zero-order chi connectivity index (χ0) is 36.3. The smallest absolute Gasteiger partial charge is 0.227 e. The van der Waals surface area contributed by atoms with E-state index in [4.69, 9.17) is 24.4 Å². The first-order valence-electron chi connectivity index (χ1n) is 18.4. The minimum atomic E-state index is 0.601. The average Bonchev–Trinajstić information content (AvgIpc) is 3.71. The quantitative estimate of drug-likeness (QED) is 0.167. The Morgan fingerprint density at radius 2 is 0.945 bits per heavy atom. The lowest BCUT2D eigenvalue weighted by Gasteiger charge is -2.13. The van der Waals surface area contributed by atoms with Gasteiger partial charge in [0.05, 0.1) is 0 Å². The maximum atomic E-state index is 6.53. The second-order valence-electron chi connectivity index (χ2n) is 13.8. The molecule has 0 atom stereocenters. The zero-order valence-electron chi connectivity index (χ0n) is 29.5. The Morgan fingerprint density at radius 1 is 0.327 bits per heavy atom. The molecule has 256 valence electrons. The van der Waals surface area contributed by atoms with Gasteiger partial charge in [-0.05, 0) is 85.2 Å². The maximum Gasteiger partial charge on any atom is 0.227 e. The first-order valence-corrected chi connectivity index (χ1v) is 18.4. The monoisotopic (exact) mass is 702 g/mol. The van der Waals surface area contributed by atoms with Crippen LogP contribution in [0.3, 0.4) is 0 Å². The molecule has 0 bridgehead atoms. The van der Waals surface area contributed by atoms with Crippen molar-refractivity contribution in [3.63, 3.8) is 0 Å². The third-order valence-electron chi connectivity index (χ3n) is 10.5. The van der Waals surface area contributed by atoms with Crippen molar-refractivity contribution in [1.82, 2.24) is 19.9 Å². The minimum Gasteiger partial charge on any atom is -0.435 e. The SMILES string of the molecule is c1ccc(-c2nc3ccc4cccc(-c5cccc(-c6nc(-c7ccc8ccccc8c7)nc(-c7cc8ccccc8c8ccccc78)n6)c5)c4c3o2)cc1. The number of hydrogen-bond donors (Lipinski definition) is 0. The van der Waals surface area contributed by atoms with Gasteiger partial charge >= 0.3 is 0 Å². The second-order valence-corrected chi connectivity index (χ2v) is 13.8. The highest BCUT2D eigenvalue weighted by molar-refractivity contribution is 6.14. The van der Waals surface area contributed by atoms with Gasteiger partial charge in [0, 0.05) is 27.6 Å². The molecule has 0 saturated heterocycles. The number of rotatable bonds is 5. The molecule has 0 aliphatic rings. The lowest BCUT2D eigenvalue weighted by molar-refractivity contribution is 0.623. The molecule has 11 aromatic rings. The third-order valence-corrected chi connectivity index (χ3v) is 10.5. The van der Waals surface area contributed by atoms with Crippen molar-refractivity contribution in [2.75, 3.05) is 0 Å². The van der Waals surface area contributed by atoms with Gasteiger partial charge in [0.15, 0.2) is 23.1 Å². The molecule has 55 heavy (non-hydrogen) atoms. The van der Waals surface area contributed by atoms with E-state index >= 15 is 0 Å². The zero-order valence-corrected chi connectivity index (χ0v) is 29.5. The molecular weight excluding hydrogens is 673 g/mol. The van der Waals surface area contributed by atoms with E-state index in [9.17, 15) is 0 Å². The summed E-state index contributed by atoms with van der Waals surface area (Å²) in [6.07, 6.45) is 0. The highest BCUT2D eigenvalue weighted by atomic mass is 16.3. The maximum absolute atomic E-state index is 6.53. The summed E-state index contributed by atoms with van der Waals surface area (Å²) in [5.41, 5.74) is 7.39. The molecule has 2 aromatic heterocycles. The number of nitrogens with zero attached hydrogens (tertiary/aromatic N) is 4. The number of fused-ring (bicyclic) bond motifs is 7. The van der Waals surface area contributed by atoms with E-state index in [2.05, 4.69) is 146 Å². The fourth-order valence-corrected chi connectivity index (χ4v) is 7.85. The number of benzene rings is 9. The van der Waals surface area contributed by atoms with E-state index in [1.54, 1.807) is 0 Å². The van der Waals surface area contributed by atoms with Crippen LogP contribution in [0.25, 0.3) is 111 Å². The topological polar surface area (TPSA) is 64.7 Å². The minimum absolute atomic E-state index is 0.601. The molecule has 0 amide bonds. The lowest BCUT2D eigenvalue weighted by atomic mass is 9.96. The van der Waals surface area contributed by atoms with E-state index < -0.39 is 0 Å². The second kappa shape index (κ2) is 12.6. The van der Waals surface area contributed by atoms with Gasteiger partial charge in [0.1, 0.15) is 5.52 Å². The molecule has 0 saturated carbocycles. The van der Waals surface area contributed by atoms with Crippen LogP contribution in [-0.2, 0) is 0 Å². The van der Waals surface area contributed by atoms with Gasteiger partial charge < -0.3 is 4.42 Å². The van der Waals surface area contributed by atoms with Crippen molar-refractivity contribution >= 4 is 54.2 Å². The molecule has 0 spiro atoms. The molecule has 5 nitrogen and oxygen atoms in total. The molecular formula is C50H30N4O. The van der Waals surface area contributed by atoms with Gasteiger partial charge in [0.2, 0.25) is 5.89 Å². The molecule has 0 aliphatic carbocycles. The number of aromatic nitrogens is 4. The van der Waals surface area contributed by atoms with Gasteiger partial charge in [-0.15, -0.1) is 0 Å². The highest BCUT2D eigenvalue weighted by Crippen LogP contribution is 2.39. The summed E-state index contributed by atoms with van der Waals surface area (Å²) in [5, 5.41) is 8.99. The van der Waals surface area contributed by atoms with E-state index in [0.717, 1.165) is 76.8 Å². The number of oxazole rings is 1. The van der Waals surface area contributed by atoms with E-state index in [1.807, 2.05) is 36.4 Å². The van der Waals surface area contributed by atoms with Crippen LogP contribution in [0.2, 0.25) is 0 Å². The van der Waals surface area contributed by atoms with Crippen LogP contribution in [0.1, 0.15) is 0 Å². The molecule has 0 aliphatic heterocycles. The summed E-state index contributed by atoms with van der Waals surface area (Å²) < 4.78 is 6.53. The summed E-state index contributed by atoms with van der Waals surface area (Å²) in [6, 6.07) is 63.0. The highest BCUT2D eigenvalue weighted by Gasteiger charge is 2.18. The summed E-state index contributed by atoms with van der Waals surface area (Å²) >= 11 is 0. The summed E-state index contributed by atoms with van der Waals surface area (Å²) in [7, 11) is 0. The molecule has 9 aromatic carbocycles. The Hall–Kier alpha value is -7.50. The van der Waals surface area contributed by atoms with E-state index in [1.165, 1.54) is 10.8 Å². The van der Waals surface area contributed by atoms with Crippen LogP contribution in [0.5, 0.6) is 0 Å². The molecule has 11 rings (SSSR count). The third kappa shape index (κ3) is 5.33. The predicted octanol–water partition coefficient (Wildman–Crippen LogP) is 13.0. The van der Waals surface area contributed by atoms with Crippen LogP contribution in [0.15, 0.2) is 186 Å². The molecule has 5 heteroatoms. The first-order chi connectivity index (χ1) is 27.2. The van der Waals surface area contributed by atoms with E-state index in [-0.39, 0.29) is 0 Å². The Morgan fingerprint density at radius 3 is 1.80 bits per heavy atom. The molecule has 0 N–H and O–H groups in total. The molecule has 0 fully saturated rings. The summed E-state index contributed by atoms with van der Waals surface area (Å²) in [6.45, 7) is 0. The number of hydrogen-bond acceptors (Lipinski definition) is 5. The van der Waals surface area contributed by atoms with Gasteiger partial charge in [-0.3, -0.25) is 0 Å². The molecule has 0 radical (unpaired) electrons. The molecule has 2 heterocycles. The van der Waals surface area contributed by atoms with Gasteiger partial charge in [-0.25, -0.2) is 19.9 Å². The van der Waals surface area contributed by atoms with E-state index in [0.29, 0.717) is 23.4 Å². The van der Waals surface area contributed by atoms with Crippen LogP contribution < -0.4 is 0 Å². The summed E-state index contributed by atoms with van der Waals surface area (Å²) in [4.78, 5) is 20.5. The molecule has 0 unspecified atom stereocenters. The van der Waals surface area contributed by atoms with Crippen LogP contribution in [0.4, 0.5) is 0 Å². The standard InChI is InChI=1S/C50H30N4O/c1-2-13-33(14-3-1)50-51-44-27-26-32-17-11-23-40(45(32)46(44)55-50)35-18-10-19-37(29-35)47-52-48(38-25-24-31-12-4-5-15-34(31)28-38)54-49(53-47)43-30-36-16-6-7-20-39(36)41-21-8-9-22-42(41)43/h1-30H. The van der Waals surface area contributed by atoms with Crippen LogP contribution in [-0.4, -0.2) is 19.9 Å².